The van der Waals surface area contributed by atoms with Crippen LogP contribution < -0.4 is 14.2 Å². The highest BCUT2D eigenvalue weighted by molar-refractivity contribution is 5.97. The number of esters is 4. The van der Waals surface area contributed by atoms with Crippen molar-refractivity contribution in [1.29, 1.82) is 0 Å². The van der Waals surface area contributed by atoms with E-state index in [0.29, 0.717) is 12.0 Å². The zero-order valence-corrected chi connectivity index (χ0v) is 32.6. The second-order valence-corrected chi connectivity index (χ2v) is 13.9. The van der Waals surface area contributed by atoms with E-state index in [4.69, 9.17) is 18.9 Å². The first-order chi connectivity index (χ1) is 27.5. The number of aryl methyl sites for hydroxylation is 1. The Labute approximate surface area is 332 Å². The molecule has 0 aliphatic carbocycles. The second kappa shape index (κ2) is 22.9. The minimum Gasteiger partial charge on any atom is -0.449 e. The van der Waals surface area contributed by atoms with Crippen LogP contribution in [0, 0.1) is 0 Å². The van der Waals surface area contributed by atoms with E-state index in [1.807, 2.05) is 12.1 Å². The summed E-state index contributed by atoms with van der Waals surface area (Å²) in [5.41, 5.74) is 1.46. The molecule has 0 unspecified atom stereocenters. The third-order valence-corrected chi connectivity index (χ3v) is 9.35. The van der Waals surface area contributed by atoms with Gasteiger partial charge in [-0.15, -0.1) is 0 Å². The molecule has 11 heteroatoms. The van der Waals surface area contributed by atoms with Crippen molar-refractivity contribution in [2.75, 3.05) is 0 Å². The van der Waals surface area contributed by atoms with Gasteiger partial charge in [-0.05, 0) is 104 Å². The topological polar surface area (TPSA) is 105 Å². The molecule has 0 spiro atoms. The summed E-state index contributed by atoms with van der Waals surface area (Å²) in [6, 6.07) is 23.9. The SMILES string of the molecule is CCCCCCCCc1ccc(C(=O)Oc2ccc(C(=O)Oc3ccccc3C(=O)Oc3ccc(C(=O)O[C@H](CCCCCCCC)C(F)(F)F)cc3)cc2)cc1. The van der Waals surface area contributed by atoms with Gasteiger partial charge in [0, 0.05) is 0 Å². The lowest BCUT2D eigenvalue weighted by molar-refractivity contribution is -0.206. The van der Waals surface area contributed by atoms with Crippen molar-refractivity contribution in [2.45, 2.75) is 116 Å². The Bertz CT molecular complexity index is 1870. The van der Waals surface area contributed by atoms with Crippen molar-refractivity contribution in [1.82, 2.24) is 0 Å². The van der Waals surface area contributed by atoms with E-state index < -0.39 is 36.2 Å². The average Bonchev–Trinajstić information content (AvgIpc) is 3.20. The van der Waals surface area contributed by atoms with Crippen LogP contribution in [-0.4, -0.2) is 36.2 Å². The number of ether oxygens (including phenoxy) is 4. The molecular formula is C46H51F3O8. The molecule has 1 atom stereocenters. The zero-order valence-electron chi connectivity index (χ0n) is 32.6. The van der Waals surface area contributed by atoms with Crippen molar-refractivity contribution in [3.05, 3.63) is 125 Å². The summed E-state index contributed by atoms with van der Waals surface area (Å²) in [5.74, 6) is -3.23. The number of rotatable bonds is 22. The molecule has 57 heavy (non-hydrogen) atoms. The maximum atomic E-state index is 13.6. The lowest BCUT2D eigenvalue weighted by Crippen LogP contribution is -2.33. The number of hydrogen-bond donors (Lipinski definition) is 0. The summed E-state index contributed by atoms with van der Waals surface area (Å²) in [4.78, 5) is 51.5. The van der Waals surface area contributed by atoms with Gasteiger partial charge >= 0.3 is 30.1 Å². The molecule has 0 aromatic heterocycles. The fourth-order valence-corrected chi connectivity index (χ4v) is 6.04. The molecule has 0 aliphatic heterocycles. The van der Waals surface area contributed by atoms with Crippen LogP contribution >= 0.6 is 0 Å². The van der Waals surface area contributed by atoms with Crippen molar-refractivity contribution in [3.63, 3.8) is 0 Å². The average molecular weight is 789 g/mol. The fourth-order valence-electron chi connectivity index (χ4n) is 6.04. The van der Waals surface area contributed by atoms with E-state index in [1.165, 1.54) is 92.8 Å². The zero-order chi connectivity index (χ0) is 41.0. The molecule has 0 saturated heterocycles. The summed E-state index contributed by atoms with van der Waals surface area (Å²) in [7, 11) is 0. The van der Waals surface area contributed by atoms with Gasteiger partial charge in [-0.1, -0.05) is 102 Å². The Hall–Kier alpha value is -5.45. The van der Waals surface area contributed by atoms with E-state index >= 15 is 0 Å². The summed E-state index contributed by atoms with van der Waals surface area (Å²) < 4.78 is 62.0. The standard InChI is InChI=1S/C46H51F3O8/c1-3-5-7-9-11-13-17-33-21-23-34(24-22-33)42(50)54-37-29-25-35(26-30-37)43(51)56-40-19-16-15-18-39(40)45(53)55-38-31-27-36(28-32-38)44(52)57-41(46(47,48)49)20-14-12-10-8-6-4-2/h15-16,18-19,21-32,41H,3-14,17,20H2,1-2H3/t41-/m1/s1. The molecule has 0 saturated carbocycles. The number of hydrogen-bond acceptors (Lipinski definition) is 8. The Morgan fingerprint density at radius 1 is 0.509 bits per heavy atom. The molecule has 0 aliphatic rings. The van der Waals surface area contributed by atoms with Crippen LogP contribution in [0.2, 0.25) is 0 Å². The maximum Gasteiger partial charge on any atom is 0.425 e. The molecule has 8 nitrogen and oxygen atoms in total. The second-order valence-electron chi connectivity index (χ2n) is 13.9. The van der Waals surface area contributed by atoms with Crippen LogP contribution in [0.1, 0.15) is 144 Å². The predicted molar refractivity (Wildman–Crippen MR) is 211 cm³/mol. The first-order valence-corrected chi connectivity index (χ1v) is 19.8. The van der Waals surface area contributed by atoms with E-state index in [-0.39, 0.29) is 46.8 Å². The van der Waals surface area contributed by atoms with Crippen molar-refractivity contribution in [2.24, 2.45) is 0 Å². The van der Waals surface area contributed by atoms with Crippen LogP contribution in [0.25, 0.3) is 0 Å². The highest BCUT2D eigenvalue weighted by Gasteiger charge is 2.42. The molecule has 4 aromatic carbocycles. The fraction of sp³-hybridized carbons (Fsp3) is 0.391. The minimum absolute atomic E-state index is 0.00799. The van der Waals surface area contributed by atoms with Crippen LogP contribution in [0.5, 0.6) is 17.2 Å². The minimum atomic E-state index is -4.70. The first-order valence-electron chi connectivity index (χ1n) is 19.8. The van der Waals surface area contributed by atoms with E-state index in [0.717, 1.165) is 44.1 Å². The molecular weight excluding hydrogens is 737 g/mol. The van der Waals surface area contributed by atoms with Gasteiger partial charge in [0.05, 0.1) is 16.7 Å². The largest absolute Gasteiger partial charge is 0.449 e. The number of alkyl halides is 3. The molecule has 0 bridgehead atoms. The van der Waals surface area contributed by atoms with Crippen molar-refractivity contribution in [3.8, 4) is 17.2 Å². The Morgan fingerprint density at radius 2 is 0.965 bits per heavy atom. The molecule has 0 fully saturated rings. The number of carbonyl (C=O) groups is 4. The molecule has 0 radical (unpaired) electrons. The van der Waals surface area contributed by atoms with Crippen molar-refractivity contribution >= 4 is 23.9 Å². The van der Waals surface area contributed by atoms with E-state index in [2.05, 4.69) is 13.8 Å². The normalized spacial score (nSPS) is 11.7. The maximum absolute atomic E-state index is 13.6. The number of unbranched alkanes of at least 4 members (excludes halogenated alkanes) is 10. The lowest BCUT2D eigenvalue weighted by atomic mass is 10.0. The summed E-state index contributed by atoms with van der Waals surface area (Å²) in [6.45, 7) is 4.25. The molecule has 0 heterocycles. The monoisotopic (exact) mass is 788 g/mol. The van der Waals surface area contributed by atoms with Gasteiger partial charge in [0.2, 0.25) is 0 Å². The third kappa shape index (κ3) is 14.9. The molecule has 304 valence electrons. The van der Waals surface area contributed by atoms with Gasteiger partial charge in [0.25, 0.3) is 0 Å². The van der Waals surface area contributed by atoms with Gasteiger partial charge in [-0.2, -0.15) is 13.2 Å². The number of halogens is 3. The van der Waals surface area contributed by atoms with Crippen LogP contribution in [0.3, 0.4) is 0 Å². The van der Waals surface area contributed by atoms with Crippen molar-refractivity contribution < 1.29 is 51.3 Å². The smallest absolute Gasteiger partial charge is 0.425 e. The van der Waals surface area contributed by atoms with Crippen LogP contribution in [0.15, 0.2) is 97.1 Å². The lowest BCUT2D eigenvalue weighted by Gasteiger charge is -2.20. The Balaban J connectivity index is 1.28. The van der Waals surface area contributed by atoms with Crippen LogP contribution in [0.4, 0.5) is 13.2 Å². The third-order valence-electron chi connectivity index (χ3n) is 9.35. The summed E-state index contributed by atoms with van der Waals surface area (Å²) >= 11 is 0. The molecule has 0 amide bonds. The van der Waals surface area contributed by atoms with Crippen LogP contribution in [-0.2, 0) is 11.2 Å². The number of carbonyl (C=O) groups excluding carboxylic acids is 4. The van der Waals surface area contributed by atoms with E-state index in [1.54, 1.807) is 24.3 Å². The number of benzene rings is 4. The van der Waals surface area contributed by atoms with Gasteiger partial charge in [0.1, 0.15) is 22.8 Å². The molecule has 4 aromatic rings. The van der Waals surface area contributed by atoms with E-state index in [9.17, 15) is 32.3 Å². The molecule has 0 N–H and O–H groups in total. The molecule has 4 rings (SSSR count). The first kappa shape index (κ1) is 44.3. The predicted octanol–water partition coefficient (Wildman–Crippen LogP) is 12.1. The quantitative estimate of drug-likeness (QED) is 0.0440. The highest BCUT2D eigenvalue weighted by Crippen LogP contribution is 2.29. The van der Waals surface area contributed by atoms with Gasteiger partial charge in [-0.3, -0.25) is 0 Å². The Kier molecular flexibility index (Phi) is 17.8. The van der Waals surface area contributed by atoms with Gasteiger partial charge in [-0.25, -0.2) is 19.2 Å². The van der Waals surface area contributed by atoms with Gasteiger partial charge < -0.3 is 18.9 Å². The highest BCUT2D eigenvalue weighted by atomic mass is 19.4. The van der Waals surface area contributed by atoms with Gasteiger partial charge in [0.15, 0.2) is 6.10 Å². The summed E-state index contributed by atoms with van der Waals surface area (Å²) in [6.07, 6.45) is 5.71. The Morgan fingerprint density at radius 3 is 1.53 bits per heavy atom. The number of para-hydroxylation sites is 1. The summed E-state index contributed by atoms with van der Waals surface area (Å²) in [5, 5.41) is 0.